The van der Waals surface area contributed by atoms with Crippen LogP contribution in [0.5, 0.6) is 0 Å². The molecule has 6 rings (SSSR count). The van der Waals surface area contributed by atoms with Crippen LogP contribution in [0.2, 0.25) is 0 Å². The molecular formula is C42H54N6. The molecule has 48 heavy (non-hydrogen) atoms. The van der Waals surface area contributed by atoms with Crippen molar-refractivity contribution < 1.29 is 0 Å². The summed E-state index contributed by atoms with van der Waals surface area (Å²) in [7, 11) is 0. The van der Waals surface area contributed by atoms with E-state index in [9.17, 15) is 0 Å². The number of hydrogen-bond donors (Lipinski definition) is 0. The first kappa shape index (κ1) is 40.9. The molecule has 252 valence electrons. The molecular weight excluding hydrogens is 589 g/mol. The fourth-order valence-electron chi connectivity index (χ4n) is 3.72. The Hall–Kier alpha value is -5.10. The molecule has 0 unspecified atom stereocenters. The summed E-state index contributed by atoms with van der Waals surface area (Å²) >= 11 is 0. The first-order valence-corrected chi connectivity index (χ1v) is 16.1. The van der Waals surface area contributed by atoms with Gasteiger partial charge in [-0.3, -0.25) is 29.9 Å². The third kappa shape index (κ3) is 20.1. The molecule has 0 radical (unpaired) electrons. The summed E-state index contributed by atoms with van der Waals surface area (Å²) in [5.41, 5.74) is 14.2. The second-order valence-corrected chi connectivity index (χ2v) is 11.8. The Morgan fingerprint density at radius 2 is 1.02 bits per heavy atom. The SMILES string of the molecule is Cc1ccc(C)nc1.Cc1cccc(C)n1.Cc1cccnc1C.Cc1ccnc(C)c1.Cc1ccncc1C.Cc1cncc(C)c1. The maximum atomic E-state index is 4.17. The van der Waals surface area contributed by atoms with E-state index >= 15 is 0 Å². The standard InChI is InChI=1S/6C7H9N/c1-6-3-7(2)5-8-4-6;1-6-3-4-8-5-7(6)2;1-6-3-4-8-7(2)5-6;1-6-3-4-7(2)8-5-6;1-6-4-3-5-8-7(6)2;1-6-4-3-5-7(2)8-6/h6*3-5H,1-2H3. The van der Waals surface area contributed by atoms with Gasteiger partial charge in [-0.1, -0.05) is 24.3 Å². The van der Waals surface area contributed by atoms with Gasteiger partial charge in [-0.15, -0.1) is 0 Å². The van der Waals surface area contributed by atoms with E-state index in [0.29, 0.717) is 0 Å². The number of aryl methyl sites for hydroxylation is 12. The van der Waals surface area contributed by atoms with Crippen molar-refractivity contribution in [2.75, 3.05) is 0 Å². The van der Waals surface area contributed by atoms with Crippen LogP contribution in [-0.2, 0) is 0 Å². The molecule has 6 heterocycles. The predicted octanol–water partition coefficient (Wildman–Crippen LogP) is 10.2. The fraction of sp³-hybridized carbons (Fsp3) is 0.286. The first-order valence-electron chi connectivity index (χ1n) is 16.1. The first-order chi connectivity index (χ1) is 22.8. The largest absolute Gasteiger partial charge is 0.264 e. The molecule has 0 aliphatic heterocycles. The zero-order chi connectivity index (χ0) is 35.9. The van der Waals surface area contributed by atoms with Gasteiger partial charge in [0, 0.05) is 71.8 Å². The van der Waals surface area contributed by atoms with Crippen LogP contribution in [0.25, 0.3) is 0 Å². The number of nitrogens with zero attached hydrogens (tertiary/aromatic N) is 6. The third-order valence-electron chi connectivity index (χ3n) is 6.72. The quantitative estimate of drug-likeness (QED) is 0.164. The Balaban J connectivity index is 0.000000288. The van der Waals surface area contributed by atoms with Crippen molar-refractivity contribution in [1.29, 1.82) is 0 Å². The van der Waals surface area contributed by atoms with Gasteiger partial charge in [0.2, 0.25) is 0 Å². The van der Waals surface area contributed by atoms with Crippen molar-refractivity contribution in [2.45, 2.75) is 83.1 Å². The van der Waals surface area contributed by atoms with Crippen LogP contribution in [0, 0.1) is 83.1 Å². The van der Waals surface area contributed by atoms with E-state index < -0.39 is 0 Å². The average Bonchev–Trinajstić information content (AvgIpc) is 3.03. The lowest BCUT2D eigenvalue weighted by Crippen LogP contribution is -1.81. The lowest BCUT2D eigenvalue weighted by Gasteiger charge is -1.92. The lowest BCUT2D eigenvalue weighted by atomic mass is 10.2. The Kier molecular flexibility index (Phi) is 19.8. The minimum absolute atomic E-state index is 1.08. The zero-order valence-electron chi connectivity index (χ0n) is 31.1. The minimum atomic E-state index is 1.08. The van der Waals surface area contributed by atoms with Crippen LogP contribution in [0.15, 0.2) is 110 Å². The predicted molar refractivity (Wildman–Crippen MR) is 202 cm³/mol. The molecule has 0 saturated carbocycles. The maximum Gasteiger partial charge on any atom is 0.0401 e. The van der Waals surface area contributed by atoms with Gasteiger partial charge < -0.3 is 0 Å². The monoisotopic (exact) mass is 642 g/mol. The minimum Gasteiger partial charge on any atom is -0.264 e. The van der Waals surface area contributed by atoms with Crippen molar-refractivity contribution in [3.8, 4) is 0 Å². The van der Waals surface area contributed by atoms with Gasteiger partial charge in [-0.2, -0.15) is 0 Å². The van der Waals surface area contributed by atoms with Crippen molar-refractivity contribution in [3.05, 3.63) is 178 Å². The van der Waals surface area contributed by atoms with Gasteiger partial charge in [0.1, 0.15) is 0 Å². The van der Waals surface area contributed by atoms with Gasteiger partial charge in [-0.05, 0) is 164 Å². The summed E-state index contributed by atoms with van der Waals surface area (Å²) in [5.74, 6) is 0. The van der Waals surface area contributed by atoms with E-state index in [1.54, 1.807) is 0 Å². The Morgan fingerprint density at radius 3 is 1.35 bits per heavy atom. The van der Waals surface area contributed by atoms with Crippen molar-refractivity contribution >= 4 is 0 Å². The number of aromatic nitrogens is 6. The lowest BCUT2D eigenvalue weighted by molar-refractivity contribution is 1.12. The highest BCUT2D eigenvalue weighted by Gasteiger charge is 1.87. The second-order valence-electron chi connectivity index (χ2n) is 11.8. The Bertz CT molecular complexity index is 1480. The normalized spacial score (nSPS) is 9.25. The van der Waals surface area contributed by atoms with Crippen molar-refractivity contribution in [3.63, 3.8) is 0 Å². The van der Waals surface area contributed by atoms with E-state index in [-0.39, 0.29) is 0 Å². The number of pyridine rings is 6. The molecule has 0 saturated heterocycles. The summed E-state index contributed by atoms with van der Waals surface area (Å²) in [6.07, 6.45) is 12.9. The molecule has 0 aliphatic rings. The maximum absolute atomic E-state index is 4.17. The molecule has 0 aliphatic carbocycles. The summed E-state index contributed by atoms with van der Waals surface area (Å²) in [6, 6.07) is 22.2. The van der Waals surface area contributed by atoms with Gasteiger partial charge >= 0.3 is 0 Å². The topological polar surface area (TPSA) is 77.3 Å². The van der Waals surface area contributed by atoms with Crippen molar-refractivity contribution in [2.24, 2.45) is 0 Å². The fourth-order valence-corrected chi connectivity index (χ4v) is 3.72. The molecule has 0 atom stereocenters. The van der Waals surface area contributed by atoms with Gasteiger partial charge in [-0.25, -0.2) is 0 Å². The highest BCUT2D eigenvalue weighted by atomic mass is 14.7. The molecule has 6 nitrogen and oxygen atoms in total. The van der Waals surface area contributed by atoms with Gasteiger partial charge in [0.05, 0.1) is 0 Å². The van der Waals surface area contributed by atoms with E-state index in [0.717, 1.165) is 28.5 Å². The van der Waals surface area contributed by atoms with Crippen LogP contribution < -0.4 is 0 Å². The summed E-state index contributed by atoms with van der Waals surface area (Å²) < 4.78 is 0. The smallest absolute Gasteiger partial charge is 0.0401 e. The van der Waals surface area contributed by atoms with Crippen LogP contribution >= 0.6 is 0 Å². The third-order valence-corrected chi connectivity index (χ3v) is 6.72. The van der Waals surface area contributed by atoms with E-state index in [1.165, 1.54) is 38.9 Å². The summed E-state index contributed by atoms with van der Waals surface area (Å²) in [4.78, 5) is 24.3. The molecule has 6 aromatic rings. The molecule has 0 spiro atoms. The van der Waals surface area contributed by atoms with Crippen LogP contribution in [0.1, 0.15) is 67.4 Å². The van der Waals surface area contributed by atoms with Crippen LogP contribution in [0.3, 0.4) is 0 Å². The second kappa shape index (κ2) is 23.3. The zero-order valence-corrected chi connectivity index (χ0v) is 31.1. The molecule has 0 fully saturated rings. The highest BCUT2D eigenvalue weighted by Crippen LogP contribution is 2.01. The van der Waals surface area contributed by atoms with E-state index in [2.05, 4.69) is 81.9 Å². The van der Waals surface area contributed by atoms with Gasteiger partial charge in [0.25, 0.3) is 0 Å². The van der Waals surface area contributed by atoms with E-state index in [1.807, 2.05) is 141 Å². The molecule has 0 amide bonds. The molecule has 6 aromatic heterocycles. The molecule has 0 bridgehead atoms. The van der Waals surface area contributed by atoms with Crippen LogP contribution in [0.4, 0.5) is 0 Å². The van der Waals surface area contributed by atoms with E-state index in [4.69, 9.17) is 0 Å². The van der Waals surface area contributed by atoms with Gasteiger partial charge in [0.15, 0.2) is 0 Å². The van der Waals surface area contributed by atoms with Crippen LogP contribution in [-0.4, -0.2) is 29.9 Å². The Labute approximate surface area is 289 Å². The molecule has 6 heteroatoms. The summed E-state index contributed by atoms with van der Waals surface area (Å²) in [6.45, 7) is 24.4. The Morgan fingerprint density at radius 1 is 0.354 bits per heavy atom. The summed E-state index contributed by atoms with van der Waals surface area (Å²) in [5, 5.41) is 0. The number of hydrogen-bond acceptors (Lipinski definition) is 6. The highest BCUT2D eigenvalue weighted by molar-refractivity contribution is 5.19. The van der Waals surface area contributed by atoms with Crippen molar-refractivity contribution in [1.82, 2.24) is 29.9 Å². The number of rotatable bonds is 0. The molecule has 0 aromatic carbocycles. The average molecular weight is 643 g/mol. The molecule has 0 N–H and O–H groups in total.